The molecular formula is C13H15BrF3N. The van der Waals surface area contributed by atoms with Crippen molar-refractivity contribution in [3.63, 3.8) is 0 Å². The molecule has 1 aromatic rings. The van der Waals surface area contributed by atoms with Crippen molar-refractivity contribution >= 4 is 15.9 Å². The summed E-state index contributed by atoms with van der Waals surface area (Å²) in [6, 6.07) is 6.23. The minimum atomic E-state index is -4.04. The average molecular weight is 322 g/mol. The largest absolute Gasteiger partial charge is 0.389 e. The molecule has 2 rings (SSSR count). The van der Waals surface area contributed by atoms with Gasteiger partial charge in [0.2, 0.25) is 0 Å². The summed E-state index contributed by atoms with van der Waals surface area (Å²) in [6.45, 7) is 0.413. The van der Waals surface area contributed by atoms with E-state index in [9.17, 15) is 13.2 Å². The first-order chi connectivity index (χ1) is 8.47. The van der Waals surface area contributed by atoms with Crippen LogP contribution in [0, 0.1) is 0 Å². The molecule has 18 heavy (non-hydrogen) atoms. The molecule has 1 nitrogen and oxygen atoms in total. The maximum atomic E-state index is 12.0. The second kappa shape index (κ2) is 5.61. The van der Waals surface area contributed by atoms with Crippen LogP contribution in [-0.2, 0) is 6.42 Å². The van der Waals surface area contributed by atoms with Gasteiger partial charge in [0.15, 0.2) is 0 Å². The molecule has 0 heterocycles. The summed E-state index contributed by atoms with van der Waals surface area (Å²) in [5.41, 5.74) is 2.50. The Hall–Kier alpha value is -0.550. The van der Waals surface area contributed by atoms with Crippen LogP contribution >= 0.6 is 15.9 Å². The van der Waals surface area contributed by atoms with E-state index in [0.29, 0.717) is 6.54 Å². The number of rotatable bonds is 4. The zero-order valence-corrected chi connectivity index (χ0v) is 11.4. The molecule has 5 heteroatoms. The Morgan fingerprint density at radius 1 is 1.33 bits per heavy atom. The number of hydrogen-bond acceptors (Lipinski definition) is 1. The molecule has 0 bridgehead atoms. The molecule has 0 radical (unpaired) electrons. The summed E-state index contributed by atoms with van der Waals surface area (Å²) in [6.07, 6.45) is -2.67. The van der Waals surface area contributed by atoms with E-state index in [1.54, 1.807) is 0 Å². The lowest BCUT2D eigenvalue weighted by molar-refractivity contribution is -0.135. The summed E-state index contributed by atoms with van der Waals surface area (Å²) in [4.78, 5) is 0. The van der Waals surface area contributed by atoms with Gasteiger partial charge < -0.3 is 5.32 Å². The number of alkyl halides is 3. The van der Waals surface area contributed by atoms with Crippen molar-refractivity contribution in [2.24, 2.45) is 0 Å². The predicted octanol–water partition coefficient (Wildman–Crippen LogP) is 4.37. The van der Waals surface area contributed by atoms with E-state index in [2.05, 4.69) is 27.3 Å². The first-order valence-electron chi connectivity index (χ1n) is 6.05. The molecule has 1 N–H and O–H groups in total. The molecule has 0 aliphatic heterocycles. The van der Waals surface area contributed by atoms with Crippen LogP contribution in [0.3, 0.4) is 0 Å². The smallest absolute Gasteiger partial charge is 0.310 e. The summed E-state index contributed by atoms with van der Waals surface area (Å²) in [5, 5.41) is 3.22. The van der Waals surface area contributed by atoms with Crippen LogP contribution in [0.15, 0.2) is 22.7 Å². The van der Waals surface area contributed by atoms with Gasteiger partial charge in [0, 0.05) is 16.9 Å². The first-order valence-corrected chi connectivity index (χ1v) is 6.84. The van der Waals surface area contributed by atoms with Crippen molar-refractivity contribution in [3.8, 4) is 0 Å². The monoisotopic (exact) mass is 321 g/mol. The van der Waals surface area contributed by atoms with Gasteiger partial charge in [0.05, 0.1) is 0 Å². The highest BCUT2D eigenvalue weighted by molar-refractivity contribution is 9.10. The molecule has 1 unspecified atom stereocenters. The van der Waals surface area contributed by atoms with Gasteiger partial charge in [-0.15, -0.1) is 0 Å². The molecule has 1 aliphatic rings. The number of benzene rings is 1. The van der Waals surface area contributed by atoms with Gasteiger partial charge in [-0.25, -0.2) is 0 Å². The van der Waals surface area contributed by atoms with E-state index in [1.807, 2.05) is 12.1 Å². The summed E-state index contributed by atoms with van der Waals surface area (Å²) in [7, 11) is 0. The van der Waals surface area contributed by atoms with Crippen LogP contribution in [-0.4, -0.2) is 12.7 Å². The quantitative estimate of drug-likeness (QED) is 0.812. The lowest BCUT2D eigenvalue weighted by Crippen LogP contribution is -2.22. The molecule has 0 spiro atoms. The zero-order chi connectivity index (χ0) is 13.2. The number of nitrogens with one attached hydrogen (secondary N) is 1. The fraction of sp³-hybridized carbons (Fsp3) is 0.538. The van der Waals surface area contributed by atoms with Gasteiger partial charge in [0.1, 0.15) is 0 Å². The Kier molecular flexibility index (Phi) is 4.33. The first kappa shape index (κ1) is 13.9. The second-order valence-corrected chi connectivity index (χ2v) is 5.43. The van der Waals surface area contributed by atoms with Crippen LogP contribution in [0.1, 0.15) is 36.4 Å². The third kappa shape index (κ3) is 3.48. The van der Waals surface area contributed by atoms with Gasteiger partial charge in [-0.3, -0.25) is 0 Å². The van der Waals surface area contributed by atoms with E-state index in [-0.39, 0.29) is 12.5 Å². The van der Waals surface area contributed by atoms with Gasteiger partial charge in [-0.1, -0.05) is 28.1 Å². The SMILES string of the molecule is FC(F)(F)CCCNC1CCc2c(Br)cccc21. The fourth-order valence-electron chi connectivity index (χ4n) is 2.39. The third-order valence-electron chi connectivity index (χ3n) is 3.24. The van der Waals surface area contributed by atoms with Crippen molar-refractivity contribution in [2.75, 3.05) is 6.54 Å². The van der Waals surface area contributed by atoms with E-state index in [1.165, 1.54) is 11.1 Å². The normalized spacial score (nSPS) is 19.0. The Morgan fingerprint density at radius 3 is 2.83 bits per heavy atom. The van der Waals surface area contributed by atoms with Gasteiger partial charge in [0.25, 0.3) is 0 Å². The summed E-state index contributed by atoms with van der Waals surface area (Å²) in [5.74, 6) is 0. The van der Waals surface area contributed by atoms with Crippen LogP contribution < -0.4 is 5.32 Å². The summed E-state index contributed by atoms with van der Waals surface area (Å²) >= 11 is 3.51. The molecular weight excluding hydrogens is 307 g/mol. The van der Waals surface area contributed by atoms with Crippen LogP contribution in [0.25, 0.3) is 0 Å². The Labute approximate surface area is 113 Å². The van der Waals surface area contributed by atoms with E-state index >= 15 is 0 Å². The molecule has 0 fully saturated rings. The highest BCUT2D eigenvalue weighted by Crippen LogP contribution is 2.35. The van der Waals surface area contributed by atoms with Gasteiger partial charge in [-0.2, -0.15) is 13.2 Å². The lowest BCUT2D eigenvalue weighted by Gasteiger charge is -2.14. The fourth-order valence-corrected chi connectivity index (χ4v) is 2.97. The van der Waals surface area contributed by atoms with Crippen molar-refractivity contribution < 1.29 is 13.2 Å². The van der Waals surface area contributed by atoms with Crippen LogP contribution in [0.5, 0.6) is 0 Å². The van der Waals surface area contributed by atoms with Gasteiger partial charge in [-0.05, 0) is 43.0 Å². The number of halogens is 4. The maximum Gasteiger partial charge on any atom is 0.389 e. The molecule has 0 saturated carbocycles. The lowest BCUT2D eigenvalue weighted by atomic mass is 10.1. The van der Waals surface area contributed by atoms with Crippen molar-refractivity contribution in [2.45, 2.75) is 37.9 Å². The predicted molar refractivity (Wildman–Crippen MR) is 68.5 cm³/mol. The zero-order valence-electron chi connectivity index (χ0n) is 9.86. The molecule has 0 saturated heterocycles. The maximum absolute atomic E-state index is 12.0. The standard InChI is InChI=1S/C13H15BrF3N/c14-11-4-1-3-10-9(11)5-6-12(10)18-8-2-7-13(15,16)17/h1,3-4,12,18H,2,5-8H2. The average Bonchev–Trinajstić information content (AvgIpc) is 2.68. The molecule has 0 amide bonds. The Morgan fingerprint density at radius 2 is 2.11 bits per heavy atom. The molecule has 1 aliphatic carbocycles. The van der Waals surface area contributed by atoms with Gasteiger partial charge >= 0.3 is 6.18 Å². The molecule has 1 aromatic carbocycles. The highest BCUT2D eigenvalue weighted by atomic mass is 79.9. The van der Waals surface area contributed by atoms with Crippen molar-refractivity contribution in [1.29, 1.82) is 0 Å². The van der Waals surface area contributed by atoms with E-state index in [4.69, 9.17) is 0 Å². The third-order valence-corrected chi connectivity index (χ3v) is 3.98. The molecule has 100 valence electrons. The van der Waals surface area contributed by atoms with Crippen LogP contribution in [0.4, 0.5) is 13.2 Å². The van der Waals surface area contributed by atoms with Crippen molar-refractivity contribution in [3.05, 3.63) is 33.8 Å². The van der Waals surface area contributed by atoms with E-state index < -0.39 is 12.6 Å². The molecule has 1 atom stereocenters. The minimum absolute atomic E-state index is 0.142. The highest BCUT2D eigenvalue weighted by Gasteiger charge is 2.27. The topological polar surface area (TPSA) is 12.0 Å². The molecule has 0 aromatic heterocycles. The Balaban J connectivity index is 1.85. The van der Waals surface area contributed by atoms with Crippen LogP contribution in [0.2, 0.25) is 0 Å². The number of fused-ring (bicyclic) bond motifs is 1. The van der Waals surface area contributed by atoms with E-state index in [0.717, 1.165) is 17.3 Å². The number of hydrogen-bond donors (Lipinski definition) is 1. The summed E-state index contributed by atoms with van der Waals surface area (Å²) < 4.78 is 37.1. The van der Waals surface area contributed by atoms with Crippen molar-refractivity contribution in [1.82, 2.24) is 5.32 Å². The Bertz CT molecular complexity index is 417. The second-order valence-electron chi connectivity index (χ2n) is 4.57. The minimum Gasteiger partial charge on any atom is -0.310 e.